The zero-order chi connectivity index (χ0) is 14.3. The number of hydrogen-bond acceptors (Lipinski definition) is 6. The third-order valence-electron chi connectivity index (χ3n) is 3.02. The van der Waals surface area contributed by atoms with Gasteiger partial charge in [-0.25, -0.2) is 4.79 Å². The summed E-state index contributed by atoms with van der Waals surface area (Å²) in [6.07, 6.45) is 1.47. The number of aromatic amines is 1. The predicted molar refractivity (Wildman–Crippen MR) is 70.4 cm³/mol. The van der Waals surface area contributed by atoms with Crippen molar-refractivity contribution in [1.82, 2.24) is 24.3 Å². The summed E-state index contributed by atoms with van der Waals surface area (Å²) in [6, 6.07) is 1.71. The van der Waals surface area contributed by atoms with Crippen LogP contribution in [0.2, 0.25) is 0 Å². The van der Waals surface area contributed by atoms with Gasteiger partial charge in [-0.2, -0.15) is 4.98 Å². The maximum atomic E-state index is 12.0. The van der Waals surface area contributed by atoms with Crippen molar-refractivity contribution in [3.05, 3.63) is 38.9 Å². The molecule has 0 aliphatic carbocycles. The minimum Gasteiger partial charge on any atom is -0.364 e. The van der Waals surface area contributed by atoms with Gasteiger partial charge in [0.25, 0.3) is 5.56 Å². The van der Waals surface area contributed by atoms with Crippen molar-refractivity contribution in [3.8, 4) is 0 Å². The topological polar surface area (TPSA) is 111 Å². The first-order chi connectivity index (χ1) is 9.58. The smallest absolute Gasteiger partial charge is 0.332 e. The molecule has 9 nitrogen and oxygen atoms in total. The molecule has 0 fully saturated rings. The van der Waals surface area contributed by atoms with Crippen LogP contribution in [0.25, 0.3) is 11.2 Å². The van der Waals surface area contributed by atoms with E-state index in [0.717, 1.165) is 4.57 Å². The molecule has 3 heterocycles. The molecule has 20 heavy (non-hydrogen) atoms. The Labute approximate surface area is 111 Å². The first-order valence-corrected chi connectivity index (χ1v) is 5.87. The molecule has 0 unspecified atom stereocenters. The highest BCUT2D eigenvalue weighted by Gasteiger charge is 2.13. The Kier molecular flexibility index (Phi) is 2.67. The molecule has 0 aliphatic heterocycles. The lowest BCUT2D eigenvalue weighted by atomic mass is 10.4. The van der Waals surface area contributed by atoms with Crippen LogP contribution in [0.3, 0.4) is 0 Å². The molecule has 9 heteroatoms. The van der Waals surface area contributed by atoms with Crippen molar-refractivity contribution >= 4 is 17.1 Å². The van der Waals surface area contributed by atoms with Crippen LogP contribution in [0.1, 0.15) is 5.69 Å². The van der Waals surface area contributed by atoms with Gasteiger partial charge in [0.15, 0.2) is 11.2 Å². The first kappa shape index (κ1) is 12.2. The highest BCUT2D eigenvalue weighted by Crippen LogP contribution is 2.09. The monoisotopic (exact) mass is 276 g/mol. The molecule has 3 aromatic heterocycles. The minimum atomic E-state index is -0.419. The summed E-state index contributed by atoms with van der Waals surface area (Å²) in [5.74, 6) is 0.390. The number of nitrogens with one attached hydrogen (secondary N) is 2. The molecule has 3 aromatic rings. The zero-order valence-electron chi connectivity index (χ0n) is 10.9. The van der Waals surface area contributed by atoms with E-state index < -0.39 is 11.2 Å². The SMILES string of the molecule is Cn1c(=O)c2[nH]c(NCc3ccon3)nc2n(C)c1=O. The van der Waals surface area contributed by atoms with Crippen LogP contribution in [0, 0.1) is 0 Å². The Balaban J connectivity index is 2.03. The number of hydrogen-bond donors (Lipinski definition) is 2. The van der Waals surface area contributed by atoms with E-state index in [9.17, 15) is 9.59 Å². The summed E-state index contributed by atoms with van der Waals surface area (Å²) in [4.78, 5) is 30.8. The first-order valence-electron chi connectivity index (χ1n) is 5.87. The number of rotatable bonds is 3. The number of H-pyrrole nitrogens is 1. The standard InChI is InChI=1S/C11H12N6O3/c1-16-8-7(9(18)17(2)11(16)19)13-10(14-8)12-5-6-3-4-20-15-6/h3-4H,5H2,1-2H3,(H2,12,13,14). The van der Waals surface area contributed by atoms with Gasteiger partial charge in [0.05, 0.1) is 6.54 Å². The van der Waals surface area contributed by atoms with Crippen LogP contribution in [0.5, 0.6) is 0 Å². The van der Waals surface area contributed by atoms with Gasteiger partial charge in [-0.15, -0.1) is 0 Å². The molecular weight excluding hydrogens is 264 g/mol. The van der Waals surface area contributed by atoms with E-state index in [4.69, 9.17) is 4.52 Å². The predicted octanol–water partition coefficient (Wildman–Crippen LogP) is -0.440. The Bertz CT molecular complexity index is 870. The zero-order valence-corrected chi connectivity index (χ0v) is 10.9. The molecule has 0 atom stereocenters. The molecule has 0 aliphatic rings. The molecule has 0 aromatic carbocycles. The van der Waals surface area contributed by atoms with Crippen LogP contribution in [-0.2, 0) is 20.6 Å². The maximum Gasteiger partial charge on any atom is 0.332 e. The van der Waals surface area contributed by atoms with E-state index in [-0.39, 0.29) is 5.52 Å². The van der Waals surface area contributed by atoms with Gasteiger partial charge in [0, 0.05) is 20.2 Å². The fourth-order valence-corrected chi connectivity index (χ4v) is 1.91. The maximum absolute atomic E-state index is 12.0. The Hall–Kier alpha value is -2.84. The number of fused-ring (bicyclic) bond motifs is 1. The van der Waals surface area contributed by atoms with Crippen LogP contribution in [0.4, 0.5) is 5.95 Å². The van der Waals surface area contributed by atoms with Gasteiger partial charge >= 0.3 is 5.69 Å². The highest BCUT2D eigenvalue weighted by atomic mass is 16.5. The van der Waals surface area contributed by atoms with Crippen molar-refractivity contribution in [3.63, 3.8) is 0 Å². The van der Waals surface area contributed by atoms with Gasteiger partial charge in [-0.05, 0) is 0 Å². The summed E-state index contributed by atoms with van der Waals surface area (Å²) in [5, 5.41) is 6.73. The Morgan fingerprint density at radius 1 is 1.35 bits per heavy atom. The van der Waals surface area contributed by atoms with Crippen LogP contribution in [0.15, 0.2) is 26.4 Å². The molecular formula is C11H12N6O3. The third-order valence-corrected chi connectivity index (χ3v) is 3.02. The summed E-state index contributed by atoms with van der Waals surface area (Å²) in [7, 11) is 2.99. The van der Waals surface area contributed by atoms with Crippen molar-refractivity contribution in [2.24, 2.45) is 14.1 Å². The second-order valence-electron chi connectivity index (χ2n) is 4.33. The van der Waals surface area contributed by atoms with E-state index in [1.807, 2.05) is 0 Å². The Morgan fingerprint density at radius 3 is 2.85 bits per heavy atom. The summed E-state index contributed by atoms with van der Waals surface area (Å²) < 4.78 is 7.06. The molecule has 0 saturated heterocycles. The molecule has 104 valence electrons. The van der Waals surface area contributed by atoms with E-state index in [2.05, 4.69) is 20.4 Å². The van der Waals surface area contributed by atoms with Gasteiger partial charge < -0.3 is 14.8 Å². The van der Waals surface area contributed by atoms with Gasteiger partial charge in [0.1, 0.15) is 12.0 Å². The number of aromatic nitrogens is 5. The molecule has 0 saturated carbocycles. The lowest BCUT2D eigenvalue weighted by Gasteiger charge is -2.00. The van der Waals surface area contributed by atoms with Crippen LogP contribution >= 0.6 is 0 Å². The molecule has 0 spiro atoms. The van der Waals surface area contributed by atoms with Crippen molar-refractivity contribution in [2.75, 3.05) is 5.32 Å². The second-order valence-corrected chi connectivity index (χ2v) is 4.33. The fraction of sp³-hybridized carbons (Fsp3) is 0.273. The molecule has 0 radical (unpaired) electrons. The molecule has 0 bridgehead atoms. The normalized spacial score (nSPS) is 11.1. The largest absolute Gasteiger partial charge is 0.364 e. The second kappa shape index (κ2) is 4.37. The van der Waals surface area contributed by atoms with Crippen LogP contribution in [-0.4, -0.2) is 24.3 Å². The number of imidazole rings is 1. The summed E-state index contributed by atoms with van der Waals surface area (Å²) in [5.41, 5.74) is 0.451. The van der Waals surface area contributed by atoms with E-state index in [0.29, 0.717) is 23.8 Å². The molecule has 3 rings (SSSR count). The summed E-state index contributed by atoms with van der Waals surface area (Å²) >= 11 is 0. The molecule has 0 amide bonds. The number of anilines is 1. The van der Waals surface area contributed by atoms with Crippen LogP contribution < -0.4 is 16.6 Å². The lowest BCUT2D eigenvalue weighted by molar-refractivity contribution is 0.412. The average Bonchev–Trinajstić information content (AvgIpc) is 3.09. The third kappa shape index (κ3) is 1.79. The number of nitrogens with zero attached hydrogens (tertiary/aromatic N) is 4. The minimum absolute atomic E-state index is 0.275. The van der Waals surface area contributed by atoms with E-state index >= 15 is 0 Å². The van der Waals surface area contributed by atoms with E-state index in [1.54, 1.807) is 13.1 Å². The Morgan fingerprint density at radius 2 is 2.15 bits per heavy atom. The lowest BCUT2D eigenvalue weighted by Crippen LogP contribution is -2.36. The van der Waals surface area contributed by atoms with Crippen molar-refractivity contribution in [1.29, 1.82) is 0 Å². The van der Waals surface area contributed by atoms with Crippen molar-refractivity contribution in [2.45, 2.75) is 6.54 Å². The average molecular weight is 276 g/mol. The van der Waals surface area contributed by atoms with Gasteiger partial charge in [-0.3, -0.25) is 13.9 Å². The van der Waals surface area contributed by atoms with Crippen molar-refractivity contribution < 1.29 is 4.52 Å². The fourth-order valence-electron chi connectivity index (χ4n) is 1.91. The highest BCUT2D eigenvalue weighted by molar-refractivity contribution is 5.72. The van der Waals surface area contributed by atoms with Gasteiger partial charge in [0.2, 0.25) is 5.95 Å². The molecule has 2 N–H and O–H groups in total. The quantitative estimate of drug-likeness (QED) is 0.671. The van der Waals surface area contributed by atoms with E-state index in [1.165, 1.54) is 17.9 Å². The number of aryl methyl sites for hydroxylation is 1. The summed E-state index contributed by atoms with van der Waals surface area (Å²) in [6.45, 7) is 0.393. The van der Waals surface area contributed by atoms with Gasteiger partial charge in [-0.1, -0.05) is 5.16 Å².